The summed E-state index contributed by atoms with van der Waals surface area (Å²) in [6.07, 6.45) is 0. The second-order valence-electron chi connectivity index (χ2n) is 6.14. The lowest BCUT2D eigenvalue weighted by molar-refractivity contribution is -0.133. The van der Waals surface area contributed by atoms with Crippen LogP contribution in [0.5, 0.6) is 0 Å². The van der Waals surface area contributed by atoms with Gasteiger partial charge in [0.25, 0.3) is 5.56 Å². The molecule has 0 aliphatic heterocycles. The summed E-state index contributed by atoms with van der Waals surface area (Å²) < 4.78 is 1.14. The summed E-state index contributed by atoms with van der Waals surface area (Å²) >= 11 is 0. The zero-order chi connectivity index (χ0) is 17.0. The number of hydrogen-bond acceptors (Lipinski definition) is 4. The van der Waals surface area contributed by atoms with E-state index in [1.807, 2.05) is 30.3 Å². The van der Waals surface area contributed by atoms with Gasteiger partial charge in [-0.1, -0.05) is 30.3 Å². The van der Waals surface area contributed by atoms with E-state index >= 15 is 0 Å². The zero-order valence-corrected chi connectivity index (χ0v) is 13.6. The molecule has 2 rings (SSSR count). The van der Waals surface area contributed by atoms with Crippen LogP contribution in [-0.4, -0.2) is 44.9 Å². The fourth-order valence-electron chi connectivity index (χ4n) is 2.24. The van der Waals surface area contributed by atoms with Gasteiger partial charge in [-0.05, 0) is 19.9 Å². The van der Waals surface area contributed by atoms with Crippen molar-refractivity contribution >= 4 is 5.91 Å². The summed E-state index contributed by atoms with van der Waals surface area (Å²) in [5.41, 5.74) is 0.172. The fourth-order valence-corrected chi connectivity index (χ4v) is 2.24. The standard InChI is InChI=1S/C17H21N3O3/c1-17(2,23)12-19(3)16(22)11-20-15(21)10-9-14(18-20)13-7-5-4-6-8-13/h4-10,23H,11-12H2,1-3H3. The van der Waals surface area contributed by atoms with Crippen LogP contribution in [0.4, 0.5) is 0 Å². The lowest BCUT2D eigenvalue weighted by Gasteiger charge is -2.25. The van der Waals surface area contributed by atoms with Crippen LogP contribution >= 0.6 is 0 Å². The lowest BCUT2D eigenvalue weighted by Crippen LogP contribution is -2.42. The number of nitrogens with zero attached hydrogens (tertiary/aromatic N) is 3. The molecule has 0 spiro atoms. The highest BCUT2D eigenvalue weighted by Crippen LogP contribution is 2.14. The van der Waals surface area contributed by atoms with Crippen LogP contribution in [0.15, 0.2) is 47.3 Å². The normalized spacial score (nSPS) is 11.3. The third-order valence-corrected chi connectivity index (χ3v) is 3.27. The third kappa shape index (κ3) is 4.75. The zero-order valence-electron chi connectivity index (χ0n) is 13.6. The van der Waals surface area contributed by atoms with Crippen molar-refractivity contribution in [2.45, 2.75) is 26.0 Å². The van der Waals surface area contributed by atoms with Crippen molar-refractivity contribution in [1.82, 2.24) is 14.7 Å². The first-order chi connectivity index (χ1) is 10.8. The maximum atomic E-state index is 12.2. The van der Waals surface area contributed by atoms with Crippen LogP contribution in [0.25, 0.3) is 11.3 Å². The molecular weight excluding hydrogens is 294 g/mol. The average molecular weight is 315 g/mol. The summed E-state index contributed by atoms with van der Waals surface area (Å²) in [5, 5.41) is 14.0. The number of aliphatic hydroxyl groups is 1. The highest BCUT2D eigenvalue weighted by Gasteiger charge is 2.20. The largest absolute Gasteiger partial charge is 0.389 e. The van der Waals surface area contributed by atoms with E-state index in [0.717, 1.165) is 10.2 Å². The summed E-state index contributed by atoms with van der Waals surface area (Å²) in [4.78, 5) is 25.5. The molecule has 1 amide bonds. The number of amides is 1. The number of hydrogen-bond donors (Lipinski definition) is 1. The number of rotatable bonds is 5. The third-order valence-electron chi connectivity index (χ3n) is 3.27. The Bertz CT molecular complexity index is 733. The minimum atomic E-state index is -0.991. The van der Waals surface area contributed by atoms with Crippen molar-refractivity contribution in [3.63, 3.8) is 0 Å². The average Bonchev–Trinajstić information content (AvgIpc) is 2.48. The summed E-state index contributed by atoms with van der Waals surface area (Å²) in [7, 11) is 1.59. The minimum absolute atomic E-state index is 0.161. The van der Waals surface area contributed by atoms with Crippen molar-refractivity contribution in [2.24, 2.45) is 0 Å². The lowest BCUT2D eigenvalue weighted by atomic mass is 10.1. The number of carbonyl (C=O) groups excluding carboxylic acids is 1. The summed E-state index contributed by atoms with van der Waals surface area (Å²) in [6, 6.07) is 12.5. The van der Waals surface area contributed by atoms with Crippen LogP contribution in [0, 0.1) is 0 Å². The smallest absolute Gasteiger partial charge is 0.267 e. The Morgan fingerprint density at radius 1 is 1.22 bits per heavy atom. The molecule has 0 aliphatic rings. The van der Waals surface area contributed by atoms with Gasteiger partial charge in [0, 0.05) is 25.2 Å². The molecule has 1 heterocycles. The topological polar surface area (TPSA) is 75.4 Å². The van der Waals surface area contributed by atoms with Gasteiger partial charge >= 0.3 is 0 Å². The fraction of sp³-hybridized carbons (Fsp3) is 0.353. The Morgan fingerprint density at radius 3 is 2.48 bits per heavy atom. The van der Waals surface area contributed by atoms with Crippen molar-refractivity contribution in [3.8, 4) is 11.3 Å². The molecule has 23 heavy (non-hydrogen) atoms. The van der Waals surface area contributed by atoms with E-state index in [4.69, 9.17) is 0 Å². The van der Waals surface area contributed by atoms with Gasteiger partial charge in [0.05, 0.1) is 11.3 Å². The van der Waals surface area contributed by atoms with E-state index in [1.54, 1.807) is 27.0 Å². The first kappa shape index (κ1) is 16.9. The molecule has 0 unspecified atom stereocenters. The molecular formula is C17H21N3O3. The quantitative estimate of drug-likeness (QED) is 0.898. The van der Waals surface area contributed by atoms with Gasteiger partial charge in [-0.3, -0.25) is 9.59 Å². The molecule has 0 fully saturated rings. The van der Waals surface area contributed by atoms with Crippen molar-refractivity contribution in [1.29, 1.82) is 0 Å². The van der Waals surface area contributed by atoms with Crippen LogP contribution in [0.3, 0.4) is 0 Å². The Morgan fingerprint density at radius 2 is 1.87 bits per heavy atom. The van der Waals surface area contributed by atoms with Gasteiger partial charge in [-0.15, -0.1) is 0 Å². The van der Waals surface area contributed by atoms with Crippen molar-refractivity contribution < 1.29 is 9.90 Å². The molecule has 2 aromatic rings. The summed E-state index contributed by atoms with van der Waals surface area (Å²) in [6.45, 7) is 3.26. The molecule has 6 nitrogen and oxygen atoms in total. The maximum absolute atomic E-state index is 12.2. The summed E-state index contributed by atoms with van der Waals surface area (Å²) in [5.74, 6) is -0.285. The van der Waals surface area contributed by atoms with Crippen molar-refractivity contribution in [2.75, 3.05) is 13.6 Å². The Kier molecular flexibility index (Phi) is 4.95. The van der Waals surface area contributed by atoms with E-state index in [9.17, 15) is 14.7 Å². The molecule has 1 N–H and O–H groups in total. The molecule has 122 valence electrons. The van der Waals surface area contributed by atoms with E-state index in [2.05, 4.69) is 5.10 Å². The van der Waals surface area contributed by atoms with Gasteiger partial charge in [0.2, 0.25) is 5.91 Å². The Hall–Kier alpha value is -2.47. The first-order valence-electron chi connectivity index (χ1n) is 7.36. The van der Waals surface area contributed by atoms with E-state index in [-0.39, 0.29) is 24.6 Å². The molecule has 0 aliphatic carbocycles. The number of likely N-dealkylation sites (N-methyl/N-ethyl adjacent to an activating group) is 1. The molecule has 0 radical (unpaired) electrons. The monoisotopic (exact) mass is 315 g/mol. The van der Waals surface area contributed by atoms with Gasteiger partial charge in [-0.25, -0.2) is 4.68 Å². The van der Waals surface area contributed by atoms with Gasteiger partial charge in [-0.2, -0.15) is 5.10 Å². The van der Waals surface area contributed by atoms with Crippen molar-refractivity contribution in [3.05, 3.63) is 52.8 Å². The van der Waals surface area contributed by atoms with Crippen LogP contribution < -0.4 is 5.56 Å². The predicted octanol–water partition coefficient (Wildman–Crippen LogP) is 1.14. The van der Waals surface area contributed by atoms with Crippen LogP contribution in [-0.2, 0) is 11.3 Å². The van der Waals surface area contributed by atoms with E-state index in [0.29, 0.717) is 5.69 Å². The molecule has 1 aromatic carbocycles. The molecule has 0 bridgehead atoms. The second-order valence-corrected chi connectivity index (χ2v) is 6.14. The van der Waals surface area contributed by atoms with Gasteiger partial charge < -0.3 is 10.0 Å². The van der Waals surface area contributed by atoms with Gasteiger partial charge in [0.1, 0.15) is 6.54 Å². The SMILES string of the molecule is CN(CC(C)(C)O)C(=O)Cn1nc(-c2ccccc2)ccc1=O. The molecule has 1 aromatic heterocycles. The minimum Gasteiger partial charge on any atom is -0.389 e. The first-order valence-corrected chi connectivity index (χ1v) is 7.36. The molecule has 0 saturated heterocycles. The van der Waals surface area contributed by atoms with Crippen LogP contribution in [0.1, 0.15) is 13.8 Å². The Labute approximate surface area is 135 Å². The number of aromatic nitrogens is 2. The van der Waals surface area contributed by atoms with E-state index in [1.165, 1.54) is 11.0 Å². The Balaban J connectivity index is 2.20. The number of benzene rings is 1. The second kappa shape index (κ2) is 6.75. The number of carbonyl (C=O) groups is 1. The molecule has 6 heteroatoms. The predicted molar refractivity (Wildman–Crippen MR) is 87.9 cm³/mol. The van der Waals surface area contributed by atoms with E-state index < -0.39 is 5.60 Å². The highest BCUT2D eigenvalue weighted by molar-refractivity contribution is 5.75. The van der Waals surface area contributed by atoms with Gasteiger partial charge in [0.15, 0.2) is 0 Å². The molecule has 0 saturated carbocycles. The van der Waals surface area contributed by atoms with Crippen LogP contribution in [0.2, 0.25) is 0 Å². The highest BCUT2D eigenvalue weighted by atomic mass is 16.3. The maximum Gasteiger partial charge on any atom is 0.267 e. The molecule has 0 atom stereocenters.